The van der Waals surface area contributed by atoms with Gasteiger partial charge < -0.3 is 10.0 Å². The molecule has 108 valence electrons. The molecule has 1 heterocycles. The van der Waals surface area contributed by atoms with Crippen molar-refractivity contribution in [3.63, 3.8) is 0 Å². The van der Waals surface area contributed by atoms with Gasteiger partial charge in [0.05, 0.1) is 0 Å². The third kappa shape index (κ3) is 3.83. The molecule has 0 radical (unpaired) electrons. The van der Waals surface area contributed by atoms with Crippen molar-refractivity contribution in [3.8, 4) is 0 Å². The first-order valence-electron chi connectivity index (χ1n) is 7.24. The van der Waals surface area contributed by atoms with Crippen molar-refractivity contribution in [2.75, 3.05) is 6.54 Å². The van der Waals surface area contributed by atoms with E-state index in [0.717, 1.165) is 25.7 Å². The normalized spacial score (nSPS) is 18.8. The van der Waals surface area contributed by atoms with Gasteiger partial charge in [0, 0.05) is 13.0 Å². The highest BCUT2D eigenvalue weighted by Crippen LogP contribution is 2.19. The maximum atomic E-state index is 12.2. The predicted molar refractivity (Wildman–Crippen MR) is 76.4 cm³/mol. The first-order chi connectivity index (χ1) is 9.68. The molecule has 1 aliphatic rings. The molecule has 20 heavy (non-hydrogen) atoms. The number of hydrogen-bond acceptors (Lipinski definition) is 2. The fourth-order valence-corrected chi connectivity index (χ4v) is 2.72. The van der Waals surface area contributed by atoms with E-state index in [4.69, 9.17) is 5.11 Å². The van der Waals surface area contributed by atoms with Gasteiger partial charge in [0.25, 0.3) is 0 Å². The molecule has 1 saturated heterocycles. The first kappa shape index (κ1) is 14.6. The third-order valence-electron chi connectivity index (χ3n) is 3.81. The Morgan fingerprint density at radius 2 is 1.95 bits per heavy atom. The zero-order chi connectivity index (χ0) is 14.4. The first-order valence-corrected chi connectivity index (χ1v) is 7.24. The molecular formula is C16H21NO3. The monoisotopic (exact) mass is 275 g/mol. The summed E-state index contributed by atoms with van der Waals surface area (Å²) in [6.45, 7) is 0.584. The van der Waals surface area contributed by atoms with E-state index in [1.165, 1.54) is 5.56 Å². The van der Waals surface area contributed by atoms with Crippen molar-refractivity contribution in [3.05, 3.63) is 35.9 Å². The number of carboxylic acid groups (broad SMARTS) is 1. The van der Waals surface area contributed by atoms with Gasteiger partial charge >= 0.3 is 5.97 Å². The third-order valence-corrected chi connectivity index (χ3v) is 3.81. The van der Waals surface area contributed by atoms with E-state index in [9.17, 15) is 9.59 Å². The summed E-state index contributed by atoms with van der Waals surface area (Å²) in [5, 5.41) is 9.17. The van der Waals surface area contributed by atoms with Gasteiger partial charge in [-0.15, -0.1) is 0 Å². The van der Waals surface area contributed by atoms with Crippen molar-refractivity contribution in [1.29, 1.82) is 0 Å². The SMILES string of the molecule is O=C(O)[C@H]1CCCCN1C(=O)CCCc1ccccc1. The van der Waals surface area contributed by atoms with E-state index in [0.29, 0.717) is 19.4 Å². The summed E-state index contributed by atoms with van der Waals surface area (Å²) in [4.78, 5) is 24.9. The van der Waals surface area contributed by atoms with Crippen LogP contribution in [0.3, 0.4) is 0 Å². The minimum atomic E-state index is -0.874. The highest BCUT2D eigenvalue weighted by Gasteiger charge is 2.31. The standard InChI is InChI=1S/C16H21NO3/c18-15(11-6-9-13-7-2-1-3-8-13)17-12-5-4-10-14(17)16(19)20/h1-3,7-8,14H,4-6,9-12H2,(H,19,20)/t14-/m1/s1. The summed E-state index contributed by atoms with van der Waals surface area (Å²) >= 11 is 0. The molecule has 0 bridgehead atoms. The van der Waals surface area contributed by atoms with Gasteiger partial charge in [0.1, 0.15) is 6.04 Å². The van der Waals surface area contributed by atoms with Crippen LogP contribution < -0.4 is 0 Å². The molecule has 1 aliphatic heterocycles. The lowest BCUT2D eigenvalue weighted by Gasteiger charge is -2.33. The maximum absolute atomic E-state index is 12.2. The number of amides is 1. The molecule has 2 rings (SSSR count). The zero-order valence-electron chi connectivity index (χ0n) is 11.6. The van der Waals surface area contributed by atoms with Gasteiger partial charge in [-0.05, 0) is 37.7 Å². The average Bonchev–Trinajstić information content (AvgIpc) is 2.48. The summed E-state index contributed by atoms with van der Waals surface area (Å²) in [5.74, 6) is -0.894. The molecule has 4 nitrogen and oxygen atoms in total. The van der Waals surface area contributed by atoms with E-state index in [1.807, 2.05) is 30.3 Å². The molecule has 1 atom stereocenters. The maximum Gasteiger partial charge on any atom is 0.326 e. The molecule has 0 unspecified atom stereocenters. The molecule has 1 aromatic rings. The highest BCUT2D eigenvalue weighted by molar-refractivity contribution is 5.83. The molecule has 0 saturated carbocycles. The quantitative estimate of drug-likeness (QED) is 0.898. The van der Waals surface area contributed by atoms with Crippen molar-refractivity contribution < 1.29 is 14.7 Å². The summed E-state index contributed by atoms with van der Waals surface area (Å²) in [6, 6.07) is 9.43. The van der Waals surface area contributed by atoms with Gasteiger partial charge in [-0.25, -0.2) is 4.79 Å². The zero-order valence-corrected chi connectivity index (χ0v) is 11.6. The van der Waals surface area contributed by atoms with E-state index >= 15 is 0 Å². The van der Waals surface area contributed by atoms with E-state index in [2.05, 4.69) is 0 Å². The fraction of sp³-hybridized carbons (Fsp3) is 0.500. The summed E-state index contributed by atoms with van der Waals surface area (Å²) in [6.07, 6.45) is 4.45. The van der Waals surface area contributed by atoms with Crippen LogP contribution in [0.1, 0.15) is 37.7 Å². The predicted octanol–water partition coefficient (Wildman–Crippen LogP) is 2.48. The van der Waals surface area contributed by atoms with Crippen LogP contribution in [0, 0.1) is 0 Å². The lowest BCUT2D eigenvalue weighted by Crippen LogP contribution is -2.47. The fourth-order valence-electron chi connectivity index (χ4n) is 2.72. The Bertz CT molecular complexity index is 458. The van der Waals surface area contributed by atoms with Crippen molar-refractivity contribution in [2.24, 2.45) is 0 Å². The molecule has 1 aromatic carbocycles. The average molecular weight is 275 g/mol. The van der Waals surface area contributed by atoms with Crippen LogP contribution in [0.5, 0.6) is 0 Å². The van der Waals surface area contributed by atoms with Crippen molar-refractivity contribution >= 4 is 11.9 Å². The highest BCUT2D eigenvalue weighted by atomic mass is 16.4. The molecule has 1 N–H and O–H groups in total. The van der Waals surface area contributed by atoms with Crippen LogP contribution in [0.25, 0.3) is 0 Å². The van der Waals surface area contributed by atoms with Gasteiger partial charge in [0.2, 0.25) is 5.91 Å². The number of carboxylic acids is 1. The second kappa shape index (κ2) is 7.08. The van der Waals surface area contributed by atoms with E-state index in [1.54, 1.807) is 4.90 Å². The molecule has 1 fully saturated rings. The van der Waals surface area contributed by atoms with Gasteiger partial charge in [0.15, 0.2) is 0 Å². The number of likely N-dealkylation sites (tertiary alicyclic amines) is 1. The second-order valence-electron chi connectivity index (χ2n) is 5.28. The number of nitrogens with zero attached hydrogens (tertiary/aromatic N) is 1. The van der Waals surface area contributed by atoms with Gasteiger partial charge in [-0.1, -0.05) is 30.3 Å². The molecule has 0 aliphatic carbocycles. The summed E-state index contributed by atoms with van der Waals surface area (Å²) < 4.78 is 0. The van der Waals surface area contributed by atoms with Gasteiger partial charge in [-0.2, -0.15) is 0 Å². The number of aliphatic carboxylic acids is 1. The van der Waals surface area contributed by atoms with Crippen molar-refractivity contribution in [2.45, 2.75) is 44.6 Å². The van der Waals surface area contributed by atoms with Gasteiger partial charge in [-0.3, -0.25) is 4.79 Å². The topological polar surface area (TPSA) is 57.6 Å². The lowest BCUT2D eigenvalue weighted by atomic mass is 10.0. The largest absolute Gasteiger partial charge is 0.480 e. The van der Waals surface area contributed by atoms with Crippen LogP contribution in [0.4, 0.5) is 0 Å². The second-order valence-corrected chi connectivity index (χ2v) is 5.28. The number of rotatable bonds is 5. The Kier molecular flexibility index (Phi) is 5.16. The number of piperidine rings is 1. The molecule has 4 heteroatoms. The number of carbonyl (C=O) groups excluding carboxylic acids is 1. The van der Waals surface area contributed by atoms with Crippen molar-refractivity contribution in [1.82, 2.24) is 4.90 Å². The number of benzene rings is 1. The Hall–Kier alpha value is -1.84. The minimum Gasteiger partial charge on any atom is -0.480 e. The Morgan fingerprint density at radius 1 is 1.20 bits per heavy atom. The molecular weight excluding hydrogens is 254 g/mol. The van der Waals surface area contributed by atoms with Crippen LogP contribution in [-0.4, -0.2) is 34.5 Å². The van der Waals surface area contributed by atoms with Crippen LogP contribution in [0.15, 0.2) is 30.3 Å². The Labute approximate surface area is 119 Å². The van der Waals surface area contributed by atoms with Crippen LogP contribution in [-0.2, 0) is 16.0 Å². The number of aryl methyl sites for hydroxylation is 1. The van der Waals surface area contributed by atoms with Crippen LogP contribution >= 0.6 is 0 Å². The number of hydrogen-bond donors (Lipinski definition) is 1. The Morgan fingerprint density at radius 3 is 2.65 bits per heavy atom. The Balaban J connectivity index is 1.83. The minimum absolute atomic E-state index is 0.0203. The summed E-state index contributed by atoms with van der Waals surface area (Å²) in [5.41, 5.74) is 1.22. The van der Waals surface area contributed by atoms with Crippen LogP contribution in [0.2, 0.25) is 0 Å². The molecule has 1 amide bonds. The smallest absolute Gasteiger partial charge is 0.326 e. The molecule has 0 spiro atoms. The van der Waals surface area contributed by atoms with E-state index < -0.39 is 12.0 Å². The molecule has 0 aromatic heterocycles. The van der Waals surface area contributed by atoms with E-state index in [-0.39, 0.29) is 5.91 Å². The lowest BCUT2D eigenvalue weighted by molar-refractivity contribution is -0.152. The summed E-state index contributed by atoms with van der Waals surface area (Å²) in [7, 11) is 0. The number of carbonyl (C=O) groups is 2.